The molecule has 0 spiro atoms. The van der Waals surface area contributed by atoms with Crippen LogP contribution in [0.1, 0.15) is 24.3 Å². The van der Waals surface area contributed by atoms with Crippen LogP contribution < -0.4 is 5.32 Å². The van der Waals surface area contributed by atoms with E-state index in [2.05, 4.69) is 51.4 Å². The van der Waals surface area contributed by atoms with Gasteiger partial charge in [0.05, 0.1) is 0 Å². The van der Waals surface area contributed by atoms with E-state index < -0.39 is 0 Å². The normalized spacial score (nSPS) is 23.2. The SMILES string of the molecule is CC(NCC1CCSC1)c1sccc1Br. The largest absolute Gasteiger partial charge is 0.309 e. The Kier molecular flexibility index (Phi) is 4.55. The molecule has 15 heavy (non-hydrogen) atoms. The van der Waals surface area contributed by atoms with Gasteiger partial charge in [0.1, 0.15) is 0 Å². The molecule has 1 saturated heterocycles. The van der Waals surface area contributed by atoms with E-state index in [9.17, 15) is 0 Å². The van der Waals surface area contributed by atoms with Gasteiger partial charge in [-0.05, 0) is 64.7 Å². The Morgan fingerprint density at radius 1 is 1.67 bits per heavy atom. The summed E-state index contributed by atoms with van der Waals surface area (Å²) in [7, 11) is 0. The van der Waals surface area contributed by atoms with Crippen LogP contribution in [0.2, 0.25) is 0 Å². The third-order valence-electron chi connectivity index (χ3n) is 2.77. The summed E-state index contributed by atoms with van der Waals surface area (Å²) in [5.74, 6) is 3.57. The number of hydrogen-bond donors (Lipinski definition) is 1. The molecule has 0 amide bonds. The van der Waals surface area contributed by atoms with Gasteiger partial charge in [0, 0.05) is 15.4 Å². The minimum absolute atomic E-state index is 0.477. The molecule has 0 aromatic carbocycles. The van der Waals surface area contributed by atoms with Crippen LogP contribution in [-0.4, -0.2) is 18.1 Å². The van der Waals surface area contributed by atoms with Gasteiger partial charge in [-0.1, -0.05) is 0 Å². The first-order valence-electron chi connectivity index (χ1n) is 5.31. The fourth-order valence-corrected chi connectivity index (χ4v) is 4.83. The van der Waals surface area contributed by atoms with Gasteiger partial charge in [0.25, 0.3) is 0 Å². The third kappa shape index (κ3) is 3.22. The first-order chi connectivity index (χ1) is 7.27. The lowest BCUT2D eigenvalue weighted by Gasteiger charge is -2.16. The Balaban J connectivity index is 1.81. The summed E-state index contributed by atoms with van der Waals surface area (Å²) in [5, 5.41) is 5.78. The number of nitrogens with one attached hydrogen (secondary N) is 1. The molecule has 2 unspecified atom stereocenters. The van der Waals surface area contributed by atoms with Crippen LogP contribution in [0.3, 0.4) is 0 Å². The Morgan fingerprint density at radius 3 is 3.13 bits per heavy atom. The van der Waals surface area contributed by atoms with Crippen LogP contribution in [0.15, 0.2) is 15.9 Å². The van der Waals surface area contributed by atoms with Crippen molar-refractivity contribution in [3.63, 3.8) is 0 Å². The molecule has 0 radical (unpaired) electrons. The van der Waals surface area contributed by atoms with E-state index in [1.165, 1.54) is 33.8 Å². The molecule has 1 aliphatic rings. The number of hydrogen-bond acceptors (Lipinski definition) is 3. The minimum atomic E-state index is 0.477. The second-order valence-corrected chi connectivity index (χ2v) is 6.94. The molecule has 4 heteroatoms. The molecule has 2 atom stereocenters. The van der Waals surface area contributed by atoms with E-state index >= 15 is 0 Å². The van der Waals surface area contributed by atoms with Crippen LogP contribution in [0.5, 0.6) is 0 Å². The van der Waals surface area contributed by atoms with Crippen molar-refractivity contribution in [3.05, 3.63) is 20.8 Å². The van der Waals surface area contributed by atoms with Crippen LogP contribution in [0, 0.1) is 5.92 Å². The van der Waals surface area contributed by atoms with Crippen molar-refractivity contribution in [1.82, 2.24) is 5.32 Å². The molecular weight excluding hydrogens is 290 g/mol. The monoisotopic (exact) mass is 305 g/mol. The average Bonchev–Trinajstić information content (AvgIpc) is 2.84. The second kappa shape index (κ2) is 5.71. The minimum Gasteiger partial charge on any atom is -0.309 e. The zero-order chi connectivity index (χ0) is 10.7. The topological polar surface area (TPSA) is 12.0 Å². The van der Waals surface area contributed by atoms with Gasteiger partial charge >= 0.3 is 0 Å². The summed E-state index contributed by atoms with van der Waals surface area (Å²) in [6.45, 7) is 3.41. The maximum absolute atomic E-state index is 3.63. The summed E-state index contributed by atoms with van der Waals surface area (Å²) in [5.41, 5.74) is 0. The third-order valence-corrected chi connectivity index (χ3v) is 6.06. The molecule has 0 saturated carbocycles. The van der Waals surface area contributed by atoms with Gasteiger partial charge < -0.3 is 5.32 Å². The highest BCUT2D eigenvalue weighted by molar-refractivity contribution is 9.10. The Morgan fingerprint density at radius 2 is 2.53 bits per heavy atom. The highest BCUT2D eigenvalue weighted by Gasteiger charge is 2.17. The summed E-state index contributed by atoms with van der Waals surface area (Å²) < 4.78 is 1.24. The lowest BCUT2D eigenvalue weighted by atomic mass is 10.1. The van der Waals surface area contributed by atoms with Crippen molar-refractivity contribution in [3.8, 4) is 0 Å². The predicted octanol–water partition coefficient (Wildman–Crippen LogP) is 3.91. The van der Waals surface area contributed by atoms with E-state index in [-0.39, 0.29) is 0 Å². The van der Waals surface area contributed by atoms with Gasteiger partial charge in [-0.2, -0.15) is 11.8 Å². The standard InChI is InChI=1S/C11H16BrNS2/c1-8(11-10(12)3-5-15-11)13-6-9-2-4-14-7-9/h3,5,8-9,13H,2,4,6-7H2,1H3. The van der Waals surface area contributed by atoms with E-state index in [1.54, 1.807) is 0 Å². The van der Waals surface area contributed by atoms with Crippen molar-refractivity contribution < 1.29 is 0 Å². The highest BCUT2D eigenvalue weighted by atomic mass is 79.9. The molecular formula is C11H16BrNS2. The van der Waals surface area contributed by atoms with Crippen molar-refractivity contribution in [2.24, 2.45) is 5.92 Å². The molecule has 1 N–H and O–H groups in total. The van der Waals surface area contributed by atoms with Crippen LogP contribution in [-0.2, 0) is 0 Å². The molecule has 1 fully saturated rings. The molecule has 1 aromatic rings. The van der Waals surface area contributed by atoms with Gasteiger partial charge in [0.2, 0.25) is 0 Å². The smallest absolute Gasteiger partial charge is 0.0397 e. The lowest BCUT2D eigenvalue weighted by molar-refractivity contribution is 0.480. The highest BCUT2D eigenvalue weighted by Crippen LogP contribution is 2.29. The predicted molar refractivity (Wildman–Crippen MR) is 73.9 cm³/mol. The fraction of sp³-hybridized carbons (Fsp3) is 0.636. The fourth-order valence-electron chi connectivity index (χ4n) is 1.79. The number of halogens is 1. The molecule has 2 rings (SSSR count). The average molecular weight is 306 g/mol. The first kappa shape index (κ1) is 12.0. The van der Waals surface area contributed by atoms with Crippen molar-refractivity contribution >= 4 is 39.0 Å². The maximum atomic E-state index is 3.63. The summed E-state index contributed by atoms with van der Waals surface area (Å²) >= 11 is 7.50. The molecule has 1 aliphatic heterocycles. The van der Waals surface area contributed by atoms with E-state index in [4.69, 9.17) is 0 Å². The zero-order valence-electron chi connectivity index (χ0n) is 8.83. The van der Waals surface area contributed by atoms with Crippen LogP contribution in [0.4, 0.5) is 0 Å². The molecule has 1 aromatic heterocycles. The number of thioether (sulfide) groups is 1. The van der Waals surface area contributed by atoms with Gasteiger partial charge in [-0.3, -0.25) is 0 Å². The second-order valence-electron chi connectivity index (χ2n) is 3.99. The van der Waals surface area contributed by atoms with Gasteiger partial charge in [-0.25, -0.2) is 0 Å². The van der Waals surface area contributed by atoms with E-state index in [0.29, 0.717) is 6.04 Å². The van der Waals surface area contributed by atoms with Crippen molar-refractivity contribution in [2.45, 2.75) is 19.4 Å². The van der Waals surface area contributed by atoms with Crippen LogP contribution >= 0.6 is 39.0 Å². The molecule has 2 heterocycles. The Bertz CT molecular complexity index is 307. The number of thiophene rings is 1. The molecule has 1 nitrogen and oxygen atoms in total. The Labute approximate surface area is 108 Å². The lowest BCUT2D eigenvalue weighted by Crippen LogP contribution is -2.25. The number of rotatable bonds is 4. The zero-order valence-corrected chi connectivity index (χ0v) is 12.1. The summed E-state index contributed by atoms with van der Waals surface area (Å²) in [6, 6.07) is 2.61. The van der Waals surface area contributed by atoms with Crippen molar-refractivity contribution in [1.29, 1.82) is 0 Å². The van der Waals surface area contributed by atoms with Gasteiger partial charge in [-0.15, -0.1) is 11.3 Å². The van der Waals surface area contributed by atoms with E-state index in [0.717, 1.165) is 5.92 Å². The van der Waals surface area contributed by atoms with Crippen molar-refractivity contribution in [2.75, 3.05) is 18.1 Å². The Hall–Kier alpha value is 0.490. The van der Waals surface area contributed by atoms with E-state index in [1.807, 2.05) is 11.3 Å². The molecule has 0 aliphatic carbocycles. The first-order valence-corrected chi connectivity index (χ1v) is 8.14. The summed E-state index contributed by atoms with van der Waals surface area (Å²) in [6.07, 6.45) is 1.38. The quantitative estimate of drug-likeness (QED) is 0.905. The van der Waals surface area contributed by atoms with Gasteiger partial charge in [0.15, 0.2) is 0 Å². The van der Waals surface area contributed by atoms with Crippen LogP contribution in [0.25, 0.3) is 0 Å². The molecule has 84 valence electrons. The molecule has 0 bridgehead atoms. The summed E-state index contributed by atoms with van der Waals surface area (Å²) in [4.78, 5) is 1.42. The maximum Gasteiger partial charge on any atom is 0.0397 e.